The van der Waals surface area contributed by atoms with Crippen molar-refractivity contribution in [1.29, 1.82) is 0 Å². The SMILES string of the molecule is C=C(CC(=C)c1ccccc1)C(=O)O. The average molecular weight is 188 g/mol. The van der Waals surface area contributed by atoms with Crippen molar-refractivity contribution in [2.75, 3.05) is 0 Å². The van der Waals surface area contributed by atoms with Crippen molar-refractivity contribution in [1.82, 2.24) is 0 Å². The van der Waals surface area contributed by atoms with Crippen molar-refractivity contribution in [2.24, 2.45) is 0 Å². The Kier molecular flexibility index (Phi) is 3.24. The van der Waals surface area contributed by atoms with Gasteiger partial charge in [-0.1, -0.05) is 43.5 Å². The summed E-state index contributed by atoms with van der Waals surface area (Å²) in [5.74, 6) is -0.970. The maximum atomic E-state index is 10.5. The maximum Gasteiger partial charge on any atom is 0.331 e. The van der Waals surface area contributed by atoms with Crippen LogP contribution in [0.2, 0.25) is 0 Å². The molecular weight excluding hydrogens is 176 g/mol. The lowest BCUT2D eigenvalue weighted by Gasteiger charge is -2.04. The van der Waals surface area contributed by atoms with Crippen LogP contribution < -0.4 is 0 Å². The smallest absolute Gasteiger partial charge is 0.331 e. The minimum absolute atomic E-state index is 0.166. The Morgan fingerprint density at radius 3 is 2.29 bits per heavy atom. The molecule has 0 bridgehead atoms. The molecule has 0 amide bonds. The van der Waals surface area contributed by atoms with E-state index < -0.39 is 5.97 Å². The van der Waals surface area contributed by atoms with Gasteiger partial charge in [0.1, 0.15) is 0 Å². The van der Waals surface area contributed by atoms with Gasteiger partial charge in [0, 0.05) is 12.0 Å². The summed E-state index contributed by atoms with van der Waals surface area (Å²) in [6.07, 6.45) is 0.305. The van der Waals surface area contributed by atoms with Crippen LogP contribution in [0.3, 0.4) is 0 Å². The van der Waals surface area contributed by atoms with Gasteiger partial charge in [-0.2, -0.15) is 0 Å². The Morgan fingerprint density at radius 2 is 1.79 bits per heavy atom. The van der Waals surface area contributed by atoms with Crippen LogP contribution in [0.4, 0.5) is 0 Å². The van der Waals surface area contributed by atoms with Gasteiger partial charge in [-0.3, -0.25) is 0 Å². The molecule has 0 aliphatic heterocycles. The van der Waals surface area contributed by atoms with Gasteiger partial charge in [-0.25, -0.2) is 4.79 Å². The third-order valence-electron chi connectivity index (χ3n) is 1.91. The normalized spacial score (nSPS) is 9.43. The van der Waals surface area contributed by atoms with E-state index in [9.17, 15) is 4.79 Å². The summed E-state index contributed by atoms with van der Waals surface area (Å²) >= 11 is 0. The Hall–Kier alpha value is -1.83. The standard InChI is InChI=1S/C12H12O2/c1-9(8-10(2)12(13)14)11-6-4-3-5-7-11/h3-7H,1-2,8H2,(H,13,14). The Balaban J connectivity index is 2.69. The van der Waals surface area contributed by atoms with E-state index in [4.69, 9.17) is 5.11 Å². The van der Waals surface area contributed by atoms with E-state index in [1.165, 1.54) is 0 Å². The van der Waals surface area contributed by atoms with E-state index in [0.29, 0.717) is 6.42 Å². The van der Waals surface area contributed by atoms with Crippen LogP contribution in [-0.2, 0) is 4.79 Å². The first-order chi connectivity index (χ1) is 6.61. The second-order valence-corrected chi connectivity index (χ2v) is 3.06. The molecule has 0 heterocycles. The molecule has 0 aromatic heterocycles. The molecule has 2 heteroatoms. The summed E-state index contributed by atoms with van der Waals surface area (Å²) in [6, 6.07) is 9.49. The fraction of sp³-hybridized carbons (Fsp3) is 0.0833. The molecule has 0 aliphatic carbocycles. The van der Waals surface area contributed by atoms with Crippen molar-refractivity contribution in [3.05, 3.63) is 54.6 Å². The van der Waals surface area contributed by atoms with Crippen LogP contribution in [-0.4, -0.2) is 11.1 Å². The Labute approximate surface area is 83.2 Å². The minimum Gasteiger partial charge on any atom is -0.478 e. The quantitative estimate of drug-likeness (QED) is 0.737. The lowest BCUT2D eigenvalue weighted by atomic mass is 10.0. The van der Waals surface area contributed by atoms with E-state index in [1.54, 1.807) is 0 Å². The number of allylic oxidation sites excluding steroid dienone is 1. The van der Waals surface area contributed by atoms with Gasteiger partial charge in [0.15, 0.2) is 0 Å². The Morgan fingerprint density at radius 1 is 1.21 bits per heavy atom. The summed E-state index contributed by atoms with van der Waals surface area (Å²) in [4.78, 5) is 10.5. The highest BCUT2D eigenvalue weighted by Gasteiger charge is 2.06. The molecule has 72 valence electrons. The molecule has 1 rings (SSSR count). The molecule has 0 spiro atoms. The summed E-state index contributed by atoms with van der Waals surface area (Å²) in [5.41, 5.74) is 1.90. The number of aliphatic carboxylic acids is 1. The van der Waals surface area contributed by atoms with Gasteiger partial charge < -0.3 is 5.11 Å². The maximum absolute atomic E-state index is 10.5. The van der Waals surface area contributed by atoms with Gasteiger partial charge in [-0.15, -0.1) is 0 Å². The highest BCUT2D eigenvalue weighted by molar-refractivity contribution is 5.89. The topological polar surface area (TPSA) is 37.3 Å². The fourth-order valence-electron chi connectivity index (χ4n) is 1.11. The second kappa shape index (κ2) is 4.42. The first-order valence-electron chi connectivity index (χ1n) is 4.25. The third-order valence-corrected chi connectivity index (χ3v) is 1.91. The zero-order valence-electron chi connectivity index (χ0n) is 7.86. The first-order valence-corrected chi connectivity index (χ1v) is 4.25. The van der Waals surface area contributed by atoms with Crippen molar-refractivity contribution in [3.63, 3.8) is 0 Å². The molecule has 1 N–H and O–H groups in total. The zero-order valence-corrected chi connectivity index (χ0v) is 7.86. The number of hydrogen-bond acceptors (Lipinski definition) is 1. The summed E-state index contributed by atoms with van der Waals surface area (Å²) in [7, 11) is 0. The Bertz CT molecular complexity index is 363. The van der Waals surface area contributed by atoms with Crippen molar-refractivity contribution >= 4 is 11.5 Å². The molecule has 14 heavy (non-hydrogen) atoms. The fourth-order valence-corrected chi connectivity index (χ4v) is 1.11. The lowest BCUT2D eigenvalue weighted by Crippen LogP contribution is -1.99. The van der Waals surface area contributed by atoms with Crippen LogP contribution in [0, 0.1) is 0 Å². The summed E-state index contributed by atoms with van der Waals surface area (Å²) in [5, 5.41) is 8.64. The van der Waals surface area contributed by atoms with Gasteiger partial charge >= 0.3 is 5.97 Å². The second-order valence-electron chi connectivity index (χ2n) is 3.06. The van der Waals surface area contributed by atoms with Crippen molar-refractivity contribution in [2.45, 2.75) is 6.42 Å². The predicted octanol–water partition coefficient (Wildman–Crippen LogP) is 2.73. The lowest BCUT2D eigenvalue weighted by molar-refractivity contribution is -0.132. The van der Waals surface area contributed by atoms with Crippen LogP contribution in [0.15, 0.2) is 49.1 Å². The van der Waals surface area contributed by atoms with E-state index in [1.807, 2.05) is 30.3 Å². The molecule has 2 nitrogen and oxygen atoms in total. The van der Waals surface area contributed by atoms with Gasteiger partial charge in [0.25, 0.3) is 0 Å². The number of carboxylic acids is 1. The molecule has 1 aromatic rings. The molecule has 0 radical (unpaired) electrons. The van der Waals surface area contributed by atoms with Crippen LogP contribution in [0.5, 0.6) is 0 Å². The molecule has 0 aliphatic rings. The van der Waals surface area contributed by atoms with Gasteiger partial charge in [-0.05, 0) is 11.1 Å². The van der Waals surface area contributed by atoms with E-state index >= 15 is 0 Å². The van der Waals surface area contributed by atoms with Gasteiger partial charge in [0.05, 0.1) is 0 Å². The monoisotopic (exact) mass is 188 g/mol. The molecule has 0 saturated carbocycles. The molecule has 0 unspecified atom stereocenters. The molecule has 0 fully saturated rings. The number of benzene rings is 1. The van der Waals surface area contributed by atoms with Crippen LogP contribution in [0.25, 0.3) is 5.57 Å². The van der Waals surface area contributed by atoms with E-state index in [2.05, 4.69) is 13.2 Å². The summed E-state index contributed by atoms with van der Waals surface area (Å²) < 4.78 is 0. The van der Waals surface area contributed by atoms with Crippen molar-refractivity contribution in [3.8, 4) is 0 Å². The number of carboxylic acid groups (broad SMARTS) is 1. The summed E-state index contributed by atoms with van der Waals surface area (Å²) in [6.45, 7) is 7.28. The highest BCUT2D eigenvalue weighted by atomic mass is 16.4. The number of rotatable bonds is 4. The highest BCUT2D eigenvalue weighted by Crippen LogP contribution is 2.19. The van der Waals surface area contributed by atoms with Crippen LogP contribution >= 0.6 is 0 Å². The zero-order chi connectivity index (χ0) is 10.6. The van der Waals surface area contributed by atoms with Gasteiger partial charge in [0.2, 0.25) is 0 Å². The predicted molar refractivity (Wildman–Crippen MR) is 56.9 cm³/mol. The van der Waals surface area contributed by atoms with E-state index in [0.717, 1.165) is 11.1 Å². The van der Waals surface area contributed by atoms with E-state index in [-0.39, 0.29) is 5.57 Å². The molecular formula is C12H12O2. The third kappa shape index (κ3) is 2.59. The first kappa shape index (κ1) is 10.3. The largest absolute Gasteiger partial charge is 0.478 e. The number of carbonyl (C=O) groups is 1. The molecule has 0 saturated heterocycles. The van der Waals surface area contributed by atoms with Crippen LogP contribution in [0.1, 0.15) is 12.0 Å². The minimum atomic E-state index is -0.970. The molecule has 1 aromatic carbocycles. The average Bonchev–Trinajstić information content (AvgIpc) is 2.19. The van der Waals surface area contributed by atoms with Crippen molar-refractivity contribution < 1.29 is 9.90 Å². The molecule has 0 atom stereocenters. The number of hydrogen-bond donors (Lipinski definition) is 1.